The van der Waals surface area contributed by atoms with Crippen LogP contribution in [0.2, 0.25) is 0 Å². The number of carbonyl (C=O) groups excluding carboxylic acids is 1. The van der Waals surface area contributed by atoms with E-state index in [0.29, 0.717) is 12.2 Å². The summed E-state index contributed by atoms with van der Waals surface area (Å²) in [7, 11) is -3.23. The minimum atomic E-state index is -3.23. The van der Waals surface area contributed by atoms with Gasteiger partial charge in [-0.3, -0.25) is 4.79 Å². The van der Waals surface area contributed by atoms with E-state index in [1.54, 1.807) is 24.3 Å². The molecule has 6 heteroatoms. The normalized spacial score (nSPS) is 12.5. The summed E-state index contributed by atoms with van der Waals surface area (Å²) in [5.41, 5.74) is 2.99. The van der Waals surface area contributed by atoms with Crippen LogP contribution < -0.4 is 10.1 Å². The van der Waals surface area contributed by atoms with Gasteiger partial charge in [-0.1, -0.05) is 36.8 Å². The molecule has 2 aromatic carbocycles. The topological polar surface area (TPSA) is 72.5 Å². The summed E-state index contributed by atoms with van der Waals surface area (Å²) in [5.74, 6) is 0.473. The van der Waals surface area contributed by atoms with Crippen LogP contribution in [0.1, 0.15) is 36.1 Å². The van der Waals surface area contributed by atoms with Crippen LogP contribution in [0.4, 0.5) is 0 Å². The van der Waals surface area contributed by atoms with Crippen LogP contribution >= 0.6 is 0 Å². The monoisotopic (exact) mass is 375 g/mol. The van der Waals surface area contributed by atoms with E-state index in [0.717, 1.165) is 16.7 Å². The van der Waals surface area contributed by atoms with Crippen LogP contribution in [0.25, 0.3) is 0 Å². The SMILES string of the molecule is CCC(NC(=O)COc1ccc(C)cc1C)c1ccc(S(C)(=O)=O)cc1. The van der Waals surface area contributed by atoms with Gasteiger partial charge in [0, 0.05) is 6.26 Å². The predicted molar refractivity (Wildman–Crippen MR) is 102 cm³/mol. The number of carbonyl (C=O) groups is 1. The van der Waals surface area contributed by atoms with Gasteiger partial charge < -0.3 is 10.1 Å². The predicted octanol–water partition coefficient (Wildman–Crippen LogP) is 3.35. The summed E-state index contributed by atoms with van der Waals surface area (Å²) in [6.45, 7) is 5.84. The van der Waals surface area contributed by atoms with E-state index in [2.05, 4.69) is 5.32 Å². The van der Waals surface area contributed by atoms with E-state index >= 15 is 0 Å². The first-order chi connectivity index (χ1) is 12.2. The van der Waals surface area contributed by atoms with Crippen molar-refractivity contribution in [2.75, 3.05) is 12.9 Å². The second kappa shape index (κ2) is 8.36. The molecule has 0 aromatic heterocycles. The van der Waals surface area contributed by atoms with Gasteiger partial charge in [0.25, 0.3) is 5.91 Å². The standard InChI is InChI=1S/C20H25NO4S/c1-5-18(16-7-9-17(10-8-16)26(4,23)24)21-20(22)13-25-19-11-6-14(2)12-15(19)3/h6-12,18H,5,13H2,1-4H3,(H,21,22). The Hall–Kier alpha value is -2.34. The molecule has 5 nitrogen and oxygen atoms in total. The largest absolute Gasteiger partial charge is 0.484 e. The number of amides is 1. The summed E-state index contributed by atoms with van der Waals surface area (Å²) in [6, 6.07) is 12.2. The average Bonchev–Trinajstić information content (AvgIpc) is 2.58. The van der Waals surface area contributed by atoms with Gasteiger partial charge in [-0.2, -0.15) is 0 Å². The molecular weight excluding hydrogens is 350 g/mol. The molecule has 0 radical (unpaired) electrons. The first-order valence-electron chi connectivity index (χ1n) is 8.50. The summed E-state index contributed by atoms with van der Waals surface area (Å²) in [6.07, 6.45) is 1.86. The Morgan fingerprint density at radius 2 is 1.77 bits per heavy atom. The third-order valence-corrected chi connectivity index (χ3v) is 5.27. The van der Waals surface area contributed by atoms with Gasteiger partial charge in [-0.15, -0.1) is 0 Å². The van der Waals surface area contributed by atoms with Gasteiger partial charge in [0.15, 0.2) is 16.4 Å². The summed E-state index contributed by atoms with van der Waals surface area (Å²) in [4.78, 5) is 12.5. The molecule has 1 unspecified atom stereocenters. The van der Waals surface area contributed by atoms with Crippen LogP contribution in [-0.4, -0.2) is 27.2 Å². The molecule has 0 heterocycles. The number of hydrogen-bond acceptors (Lipinski definition) is 4. The quantitative estimate of drug-likeness (QED) is 0.805. The Morgan fingerprint density at radius 1 is 1.12 bits per heavy atom. The number of nitrogens with one attached hydrogen (secondary N) is 1. The number of sulfone groups is 1. The molecule has 0 spiro atoms. The molecule has 0 aliphatic heterocycles. The third kappa shape index (κ3) is 5.33. The lowest BCUT2D eigenvalue weighted by molar-refractivity contribution is -0.123. The number of benzene rings is 2. The summed E-state index contributed by atoms with van der Waals surface area (Å²) >= 11 is 0. The second-order valence-electron chi connectivity index (χ2n) is 6.43. The molecule has 0 saturated carbocycles. The van der Waals surface area contributed by atoms with Gasteiger partial charge >= 0.3 is 0 Å². The molecule has 0 aliphatic carbocycles. The molecule has 1 atom stereocenters. The van der Waals surface area contributed by atoms with E-state index in [-0.39, 0.29) is 23.5 Å². The molecule has 0 saturated heterocycles. The van der Waals surface area contributed by atoms with E-state index in [1.165, 1.54) is 6.26 Å². The van der Waals surface area contributed by atoms with Gasteiger partial charge in [-0.25, -0.2) is 8.42 Å². The number of rotatable bonds is 7. The molecule has 2 rings (SSSR count). The van der Waals surface area contributed by atoms with Gasteiger partial charge in [0.2, 0.25) is 0 Å². The fraction of sp³-hybridized carbons (Fsp3) is 0.350. The van der Waals surface area contributed by atoms with Crippen molar-refractivity contribution in [1.29, 1.82) is 0 Å². The molecule has 1 N–H and O–H groups in total. The maximum Gasteiger partial charge on any atom is 0.258 e. The van der Waals surface area contributed by atoms with E-state index in [4.69, 9.17) is 4.74 Å². The Morgan fingerprint density at radius 3 is 2.31 bits per heavy atom. The van der Waals surface area contributed by atoms with Crippen molar-refractivity contribution >= 4 is 15.7 Å². The lowest BCUT2D eigenvalue weighted by Gasteiger charge is -2.18. The van der Waals surface area contributed by atoms with E-state index < -0.39 is 9.84 Å². The van der Waals surface area contributed by atoms with Gasteiger partial charge in [-0.05, 0) is 49.6 Å². The average molecular weight is 375 g/mol. The van der Waals surface area contributed by atoms with Crippen molar-refractivity contribution in [2.24, 2.45) is 0 Å². The minimum Gasteiger partial charge on any atom is -0.484 e. The molecule has 0 aliphatic rings. The molecule has 2 aromatic rings. The minimum absolute atomic E-state index is 0.0676. The first-order valence-corrected chi connectivity index (χ1v) is 10.4. The third-order valence-electron chi connectivity index (χ3n) is 4.14. The Labute approximate surface area is 155 Å². The molecule has 0 bridgehead atoms. The second-order valence-corrected chi connectivity index (χ2v) is 8.44. The Bertz CT molecular complexity index is 873. The van der Waals surface area contributed by atoms with Crippen LogP contribution in [0.15, 0.2) is 47.4 Å². The number of hydrogen-bond donors (Lipinski definition) is 1. The summed E-state index contributed by atoms with van der Waals surface area (Å²) < 4.78 is 28.7. The van der Waals surface area contributed by atoms with Crippen LogP contribution in [0, 0.1) is 13.8 Å². The number of ether oxygens (including phenoxy) is 1. The fourth-order valence-corrected chi connectivity index (χ4v) is 3.34. The lowest BCUT2D eigenvalue weighted by Crippen LogP contribution is -2.32. The van der Waals surface area contributed by atoms with E-state index in [1.807, 2.05) is 39.0 Å². The zero-order chi connectivity index (χ0) is 19.3. The highest BCUT2D eigenvalue weighted by Gasteiger charge is 2.15. The van der Waals surface area contributed by atoms with Gasteiger partial charge in [0.1, 0.15) is 5.75 Å². The molecular formula is C20H25NO4S. The van der Waals surface area contributed by atoms with E-state index in [9.17, 15) is 13.2 Å². The van der Waals surface area contributed by atoms with Gasteiger partial charge in [0.05, 0.1) is 10.9 Å². The number of aryl methyl sites for hydroxylation is 2. The zero-order valence-electron chi connectivity index (χ0n) is 15.6. The highest BCUT2D eigenvalue weighted by atomic mass is 32.2. The molecule has 26 heavy (non-hydrogen) atoms. The van der Waals surface area contributed by atoms with Crippen LogP contribution in [0.5, 0.6) is 5.75 Å². The fourth-order valence-electron chi connectivity index (χ4n) is 2.71. The van der Waals surface area contributed by atoms with Crippen molar-refractivity contribution in [2.45, 2.75) is 38.1 Å². The smallest absolute Gasteiger partial charge is 0.258 e. The highest BCUT2D eigenvalue weighted by Crippen LogP contribution is 2.20. The van der Waals surface area contributed by atoms with Crippen LogP contribution in [-0.2, 0) is 14.6 Å². The van der Waals surface area contributed by atoms with Crippen molar-refractivity contribution in [3.8, 4) is 5.75 Å². The maximum atomic E-state index is 12.2. The van der Waals surface area contributed by atoms with Crippen molar-refractivity contribution < 1.29 is 17.9 Å². The Balaban J connectivity index is 1.99. The lowest BCUT2D eigenvalue weighted by atomic mass is 10.0. The molecule has 140 valence electrons. The Kier molecular flexibility index (Phi) is 6.42. The first kappa shape index (κ1) is 20.0. The van der Waals surface area contributed by atoms with Crippen molar-refractivity contribution in [3.63, 3.8) is 0 Å². The molecule has 0 fully saturated rings. The van der Waals surface area contributed by atoms with Crippen molar-refractivity contribution in [3.05, 3.63) is 59.2 Å². The zero-order valence-corrected chi connectivity index (χ0v) is 16.4. The highest BCUT2D eigenvalue weighted by molar-refractivity contribution is 7.90. The summed E-state index contributed by atoms with van der Waals surface area (Å²) in [5, 5.41) is 2.93. The molecule has 1 amide bonds. The maximum absolute atomic E-state index is 12.2. The van der Waals surface area contributed by atoms with Crippen molar-refractivity contribution in [1.82, 2.24) is 5.32 Å². The van der Waals surface area contributed by atoms with Crippen LogP contribution in [0.3, 0.4) is 0 Å².